The third-order valence-electron chi connectivity index (χ3n) is 3.76. The molecule has 8 nitrogen and oxygen atoms in total. The predicted octanol–water partition coefficient (Wildman–Crippen LogP) is 2.17. The fourth-order valence-electron chi connectivity index (χ4n) is 2.50. The maximum absolute atomic E-state index is 12.6. The van der Waals surface area contributed by atoms with Crippen LogP contribution >= 0.6 is 11.6 Å². The van der Waals surface area contributed by atoms with Gasteiger partial charge in [-0.05, 0) is 38.0 Å². The fraction of sp³-hybridized carbons (Fsp3) is 0.400. The molecule has 2 aromatic rings. The highest BCUT2D eigenvalue weighted by Gasteiger charge is 2.28. The third-order valence-corrected chi connectivity index (χ3v) is 5.98. The molecular weight excluding hydrogens is 370 g/mol. The Bertz CT molecular complexity index is 890. The summed E-state index contributed by atoms with van der Waals surface area (Å²) in [5.41, 5.74) is -0.0295. The Labute approximate surface area is 149 Å². The fourth-order valence-corrected chi connectivity index (χ4v) is 4.24. The van der Waals surface area contributed by atoms with Crippen LogP contribution in [0.15, 0.2) is 27.6 Å². The van der Waals surface area contributed by atoms with Gasteiger partial charge in [-0.2, -0.15) is 9.29 Å². The first-order chi connectivity index (χ1) is 11.9. The van der Waals surface area contributed by atoms with Crippen molar-refractivity contribution in [1.29, 1.82) is 0 Å². The van der Waals surface area contributed by atoms with E-state index in [1.165, 1.54) is 22.5 Å². The van der Waals surface area contributed by atoms with Crippen LogP contribution in [0.1, 0.15) is 34.9 Å². The third kappa shape index (κ3) is 3.83. The predicted molar refractivity (Wildman–Crippen MR) is 87.6 cm³/mol. The quantitative estimate of drug-likeness (QED) is 0.726. The molecule has 0 radical (unpaired) electrons. The van der Waals surface area contributed by atoms with Crippen molar-refractivity contribution in [2.24, 2.45) is 0 Å². The van der Waals surface area contributed by atoms with Crippen molar-refractivity contribution in [3.63, 3.8) is 0 Å². The van der Waals surface area contributed by atoms with E-state index in [9.17, 15) is 13.2 Å². The molecule has 10 heteroatoms. The van der Waals surface area contributed by atoms with Gasteiger partial charge < -0.3 is 9.26 Å². The van der Waals surface area contributed by atoms with Crippen LogP contribution in [-0.2, 0) is 21.4 Å². The van der Waals surface area contributed by atoms with Gasteiger partial charge in [0.25, 0.3) is 5.89 Å². The van der Waals surface area contributed by atoms with Crippen LogP contribution in [0, 0.1) is 6.92 Å². The van der Waals surface area contributed by atoms with E-state index in [-0.39, 0.29) is 28.0 Å². The van der Waals surface area contributed by atoms with Crippen molar-refractivity contribution in [3.8, 4) is 0 Å². The first-order valence-corrected chi connectivity index (χ1v) is 9.46. The first-order valence-electron chi connectivity index (χ1n) is 7.64. The summed E-state index contributed by atoms with van der Waals surface area (Å²) in [5, 5.41) is 3.69. The second-order valence-corrected chi connectivity index (χ2v) is 7.91. The van der Waals surface area contributed by atoms with Gasteiger partial charge in [-0.15, -0.1) is 0 Å². The molecule has 0 unspecified atom stereocenters. The van der Waals surface area contributed by atoms with Gasteiger partial charge in [0.2, 0.25) is 10.0 Å². The molecule has 0 spiro atoms. The maximum atomic E-state index is 12.6. The Morgan fingerprint density at radius 1 is 1.36 bits per heavy atom. The minimum absolute atomic E-state index is 0.0133. The highest BCUT2D eigenvalue weighted by molar-refractivity contribution is 7.89. The molecule has 0 amide bonds. The van der Waals surface area contributed by atoms with Gasteiger partial charge in [0.1, 0.15) is 0 Å². The summed E-state index contributed by atoms with van der Waals surface area (Å²) in [6.45, 7) is 2.36. The summed E-state index contributed by atoms with van der Waals surface area (Å²) in [5.74, 6) is -0.204. The largest absolute Gasteiger partial charge is 0.452 e. The van der Waals surface area contributed by atoms with Crippen molar-refractivity contribution < 1.29 is 22.5 Å². The van der Waals surface area contributed by atoms with Gasteiger partial charge in [0.05, 0.1) is 15.5 Å². The summed E-state index contributed by atoms with van der Waals surface area (Å²) in [4.78, 5) is 16.2. The van der Waals surface area contributed by atoms with E-state index in [1.807, 2.05) is 0 Å². The molecular formula is C15H16ClN3O5S. The Morgan fingerprint density at radius 3 is 2.72 bits per heavy atom. The number of rotatable bonds is 5. The van der Waals surface area contributed by atoms with Crippen LogP contribution in [0.2, 0.25) is 5.02 Å². The van der Waals surface area contributed by atoms with Crippen molar-refractivity contribution in [2.45, 2.75) is 31.3 Å². The van der Waals surface area contributed by atoms with Crippen molar-refractivity contribution in [3.05, 3.63) is 40.5 Å². The van der Waals surface area contributed by atoms with Gasteiger partial charge >= 0.3 is 5.97 Å². The standard InChI is InChI=1S/C15H16ClN3O5S/c1-10-17-14(24-18-10)9-23-15(20)12-8-11(4-5-13(12)16)25(21,22)19-6-2-3-7-19/h4-5,8H,2-3,6-7,9H2,1H3. The number of hydrogen-bond acceptors (Lipinski definition) is 7. The number of aryl methyl sites for hydroxylation is 1. The summed E-state index contributed by atoms with van der Waals surface area (Å²) >= 11 is 6.03. The zero-order valence-corrected chi connectivity index (χ0v) is 15.0. The SMILES string of the molecule is Cc1noc(COC(=O)c2cc(S(=O)(=O)N3CCCC3)ccc2Cl)n1. The molecule has 3 rings (SSSR count). The summed E-state index contributed by atoms with van der Waals surface area (Å²) < 4.78 is 36.5. The van der Waals surface area contributed by atoms with Crippen molar-refractivity contribution >= 4 is 27.6 Å². The number of carbonyl (C=O) groups excluding carboxylic acids is 1. The lowest BCUT2D eigenvalue weighted by Crippen LogP contribution is -2.28. The molecule has 0 N–H and O–H groups in total. The minimum atomic E-state index is -3.65. The van der Waals surface area contributed by atoms with Crippen molar-refractivity contribution in [2.75, 3.05) is 13.1 Å². The lowest BCUT2D eigenvalue weighted by Gasteiger charge is -2.16. The van der Waals surface area contributed by atoms with E-state index in [2.05, 4.69) is 10.1 Å². The van der Waals surface area contributed by atoms with Crippen LogP contribution < -0.4 is 0 Å². The number of benzene rings is 1. The summed E-state index contributed by atoms with van der Waals surface area (Å²) in [6, 6.07) is 3.99. The van der Waals surface area contributed by atoms with E-state index >= 15 is 0 Å². The molecule has 134 valence electrons. The number of hydrogen-bond donors (Lipinski definition) is 0. The molecule has 0 atom stereocenters. The number of carbonyl (C=O) groups is 1. The van der Waals surface area contributed by atoms with E-state index in [0.717, 1.165) is 12.8 Å². The normalized spacial score (nSPS) is 15.4. The smallest absolute Gasteiger partial charge is 0.340 e. The van der Waals surface area contributed by atoms with Gasteiger partial charge in [-0.1, -0.05) is 16.8 Å². The lowest BCUT2D eigenvalue weighted by atomic mass is 10.2. The lowest BCUT2D eigenvalue weighted by molar-refractivity contribution is 0.0429. The first kappa shape index (κ1) is 17.8. The topological polar surface area (TPSA) is 103 Å². The number of sulfonamides is 1. The molecule has 1 saturated heterocycles. The monoisotopic (exact) mass is 385 g/mol. The molecule has 0 aliphatic carbocycles. The average Bonchev–Trinajstić information content (AvgIpc) is 3.24. The number of aromatic nitrogens is 2. The zero-order chi connectivity index (χ0) is 18.0. The molecule has 0 saturated carbocycles. The van der Waals surface area contributed by atoms with Gasteiger partial charge in [-0.25, -0.2) is 13.2 Å². The Morgan fingerprint density at radius 2 is 2.08 bits per heavy atom. The summed E-state index contributed by atoms with van der Waals surface area (Å²) in [6.07, 6.45) is 1.65. The Balaban J connectivity index is 1.80. The highest BCUT2D eigenvalue weighted by atomic mass is 35.5. The van der Waals surface area contributed by atoms with E-state index < -0.39 is 16.0 Å². The van der Waals surface area contributed by atoms with Crippen LogP contribution in [0.5, 0.6) is 0 Å². The highest BCUT2D eigenvalue weighted by Crippen LogP contribution is 2.26. The second-order valence-electron chi connectivity index (χ2n) is 5.56. The van der Waals surface area contributed by atoms with Crippen LogP contribution in [-0.4, -0.2) is 41.9 Å². The average molecular weight is 386 g/mol. The van der Waals surface area contributed by atoms with Gasteiger partial charge in [-0.3, -0.25) is 0 Å². The summed E-state index contributed by atoms with van der Waals surface area (Å²) in [7, 11) is -3.65. The van der Waals surface area contributed by atoms with E-state index in [4.69, 9.17) is 20.9 Å². The Hall–Kier alpha value is -1.97. The molecule has 2 heterocycles. The Kier molecular flexibility index (Phi) is 5.07. The molecule has 1 aliphatic rings. The second kappa shape index (κ2) is 7.11. The number of esters is 1. The van der Waals surface area contributed by atoms with Crippen LogP contribution in [0.3, 0.4) is 0 Å². The van der Waals surface area contributed by atoms with Crippen LogP contribution in [0.25, 0.3) is 0 Å². The molecule has 25 heavy (non-hydrogen) atoms. The van der Waals surface area contributed by atoms with Gasteiger partial charge in [0.15, 0.2) is 12.4 Å². The molecule has 1 aliphatic heterocycles. The van der Waals surface area contributed by atoms with Gasteiger partial charge in [0, 0.05) is 13.1 Å². The van der Waals surface area contributed by atoms with E-state index in [1.54, 1.807) is 6.92 Å². The zero-order valence-electron chi connectivity index (χ0n) is 13.4. The number of ether oxygens (including phenoxy) is 1. The maximum Gasteiger partial charge on any atom is 0.340 e. The number of nitrogens with zero attached hydrogens (tertiary/aromatic N) is 3. The molecule has 1 aromatic heterocycles. The van der Waals surface area contributed by atoms with E-state index in [0.29, 0.717) is 18.9 Å². The molecule has 1 aromatic carbocycles. The van der Waals surface area contributed by atoms with Crippen molar-refractivity contribution in [1.82, 2.24) is 14.4 Å². The molecule has 1 fully saturated rings. The molecule has 0 bridgehead atoms. The van der Waals surface area contributed by atoms with Crippen LogP contribution in [0.4, 0.5) is 0 Å². The minimum Gasteiger partial charge on any atom is -0.452 e. The number of halogens is 1.